The Kier molecular flexibility index (Phi) is 4.19. The van der Waals surface area contributed by atoms with Gasteiger partial charge < -0.3 is 4.90 Å². The number of hydrogen-bond acceptors (Lipinski definition) is 2. The topological polar surface area (TPSA) is 40.6 Å². The Balaban J connectivity index is 1.89. The third-order valence-electron chi connectivity index (χ3n) is 4.94. The molecule has 1 aliphatic carbocycles. The van der Waals surface area contributed by atoms with Crippen molar-refractivity contribution in [1.82, 2.24) is 9.80 Å². The minimum absolute atomic E-state index is 0.00351. The fourth-order valence-corrected chi connectivity index (χ4v) is 3.85. The van der Waals surface area contributed by atoms with Gasteiger partial charge in [-0.15, -0.1) is 0 Å². The number of fused-ring (bicyclic) bond motifs is 1. The molecule has 2 unspecified atom stereocenters. The van der Waals surface area contributed by atoms with Crippen LogP contribution in [0.3, 0.4) is 0 Å². The van der Waals surface area contributed by atoms with Crippen LogP contribution < -0.4 is 0 Å². The molecule has 3 amide bonds. The number of carbonyl (C=O) groups excluding carboxylic acids is 2. The molecule has 4 heteroatoms. The van der Waals surface area contributed by atoms with Gasteiger partial charge in [-0.25, -0.2) is 4.79 Å². The van der Waals surface area contributed by atoms with Crippen molar-refractivity contribution in [2.45, 2.75) is 52.1 Å². The molecular weight excluding hydrogens is 276 g/mol. The summed E-state index contributed by atoms with van der Waals surface area (Å²) in [6.45, 7) is 5.01. The summed E-state index contributed by atoms with van der Waals surface area (Å²) in [7, 11) is 0. The van der Waals surface area contributed by atoms with Crippen molar-refractivity contribution in [3.8, 4) is 0 Å². The highest BCUT2D eigenvalue weighted by Gasteiger charge is 2.46. The number of benzene rings is 1. The second kappa shape index (κ2) is 6.11. The lowest BCUT2D eigenvalue weighted by atomic mass is 9.81. The van der Waals surface area contributed by atoms with E-state index in [-0.39, 0.29) is 23.9 Å². The largest absolute Gasteiger partial charge is 0.327 e. The van der Waals surface area contributed by atoms with Gasteiger partial charge in [0, 0.05) is 19.1 Å². The van der Waals surface area contributed by atoms with Gasteiger partial charge in [-0.3, -0.25) is 9.69 Å². The summed E-state index contributed by atoms with van der Waals surface area (Å²) in [4.78, 5) is 28.6. The molecule has 2 aliphatic rings. The molecular formula is C18H24N2O2. The molecule has 0 aromatic heterocycles. The molecule has 0 spiro atoms. The average molecular weight is 300 g/mol. The van der Waals surface area contributed by atoms with Crippen LogP contribution in [0.4, 0.5) is 4.79 Å². The van der Waals surface area contributed by atoms with E-state index in [9.17, 15) is 9.59 Å². The molecule has 1 saturated heterocycles. The molecule has 1 heterocycles. The number of nitrogens with zero attached hydrogens (tertiary/aromatic N) is 2. The molecule has 0 radical (unpaired) electrons. The van der Waals surface area contributed by atoms with Crippen molar-refractivity contribution in [3.05, 3.63) is 35.4 Å². The molecule has 1 saturated carbocycles. The summed E-state index contributed by atoms with van der Waals surface area (Å²) in [5, 5.41) is 0. The van der Waals surface area contributed by atoms with Crippen LogP contribution in [0.25, 0.3) is 0 Å². The summed E-state index contributed by atoms with van der Waals surface area (Å²) < 4.78 is 0. The molecule has 4 nitrogen and oxygen atoms in total. The number of urea groups is 1. The summed E-state index contributed by atoms with van der Waals surface area (Å²) >= 11 is 0. The maximum absolute atomic E-state index is 12.7. The normalized spacial score (nSPS) is 25.4. The van der Waals surface area contributed by atoms with E-state index in [0.29, 0.717) is 13.1 Å². The first-order valence-corrected chi connectivity index (χ1v) is 8.29. The highest BCUT2D eigenvalue weighted by molar-refractivity contribution is 5.98. The maximum Gasteiger partial charge on any atom is 0.327 e. The summed E-state index contributed by atoms with van der Waals surface area (Å²) in [6.07, 6.45) is 4.07. The third kappa shape index (κ3) is 2.62. The molecule has 1 aromatic carbocycles. The van der Waals surface area contributed by atoms with Gasteiger partial charge in [-0.05, 0) is 32.3 Å². The van der Waals surface area contributed by atoms with Crippen LogP contribution >= 0.6 is 0 Å². The van der Waals surface area contributed by atoms with Crippen molar-refractivity contribution in [2.24, 2.45) is 5.92 Å². The van der Waals surface area contributed by atoms with Crippen LogP contribution in [-0.4, -0.2) is 34.3 Å². The zero-order valence-corrected chi connectivity index (χ0v) is 13.4. The number of aryl methyl sites for hydroxylation is 1. The molecule has 0 bridgehead atoms. The van der Waals surface area contributed by atoms with E-state index >= 15 is 0 Å². The van der Waals surface area contributed by atoms with Gasteiger partial charge in [0.05, 0.1) is 5.92 Å². The van der Waals surface area contributed by atoms with Gasteiger partial charge in [0.15, 0.2) is 0 Å². The zero-order chi connectivity index (χ0) is 15.7. The standard InChI is InChI=1S/C18H24N2O2/c1-3-19-17(21)15-9-4-5-10-16(15)20(18(19)22)12-14-8-6-7-13(2)11-14/h6-8,11,15-16H,3-5,9-10,12H2,1-2H3. The minimum atomic E-state index is -0.114. The van der Waals surface area contributed by atoms with E-state index in [1.54, 1.807) is 0 Å². The number of hydrogen-bond donors (Lipinski definition) is 0. The number of carbonyl (C=O) groups is 2. The number of imide groups is 1. The van der Waals surface area contributed by atoms with Crippen molar-refractivity contribution >= 4 is 11.9 Å². The Morgan fingerprint density at radius 1 is 1.18 bits per heavy atom. The molecule has 2 fully saturated rings. The van der Waals surface area contributed by atoms with Crippen LogP contribution in [-0.2, 0) is 11.3 Å². The van der Waals surface area contributed by atoms with Crippen molar-refractivity contribution in [2.75, 3.05) is 6.54 Å². The quantitative estimate of drug-likeness (QED) is 0.859. The minimum Gasteiger partial charge on any atom is -0.316 e. The lowest BCUT2D eigenvalue weighted by Gasteiger charge is -2.46. The molecule has 1 aliphatic heterocycles. The molecule has 3 rings (SSSR count). The fraction of sp³-hybridized carbons (Fsp3) is 0.556. The lowest BCUT2D eigenvalue weighted by molar-refractivity contribution is -0.140. The highest BCUT2D eigenvalue weighted by atomic mass is 16.2. The van der Waals surface area contributed by atoms with Crippen LogP contribution in [0.5, 0.6) is 0 Å². The van der Waals surface area contributed by atoms with Gasteiger partial charge in [0.25, 0.3) is 0 Å². The van der Waals surface area contributed by atoms with Crippen LogP contribution in [0.1, 0.15) is 43.7 Å². The van der Waals surface area contributed by atoms with E-state index in [1.807, 2.05) is 17.9 Å². The highest BCUT2D eigenvalue weighted by Crippen LogP contribution is 2.35. The van der Waals surface area contributed by atoms with E-state index in [2.05, 4.69) is 25.1 Å². The van der Waals surface area contributed by atoms with Gasteiger partial charge in [-0.2, -0.15) is 0 Å². The number of rotatable bonds is 3. The maximum atomic E-state index is 12.7. The molecule has 0 N–H and O–H groups in total. The fourth-order valence-electron chi connectivity index (χ4n) is 3.85. The second-order valence-corrected chi connectivity index (χ2v) is 6.44. The summed E-state index contributed by atoms with van der Waals surface area (Å²) in [5.41, 5.74) is 2.34. The monoisotopic (exact) mass is 300 g/mol. The Morgan fingerprint density at radius 2 is 1.95 bits per heavy atom. The first-order valence-electron chi connectivity index (χ1n) is 8.29. The van der Waals surface area contributed by atoms with Crippen LogP contribution in [0.2, 0.25) is 0 Å². The predicted octanol–water partition coefficient (Wildman–Crippen LogP) is 3.34. The van der Waals surface area contributed by atoms with Gasteiger partial charge in [0.2, 0.25) is 5.91 Å². The van der Waals surface area contributed by atoms with Gasteiger partial charge in [-0.1, -0.05) is 42.7 Å². The second-order valence-electron chi connectivity index (χ2n) is 6.44. The van der Waals surface area contributed by atoms with Crippen LogP contribution in [0.15, 0.2) is 24.3 Å². The van der Waals surface area contributed by atoms with E-state index in [4.69, 9.17) is 0 Å². The third-order valence-corrected chi connectivity index (χ3v) is 4.94. The average Bonchev–Trinajstić information content (AvgIpc) is 2.52. The first-order chi connectivity index (χ1) is 10.6. The van der Waals surface area contributed by atoms with Crippen molar-refractivity contribution in [3.63, 3.8) is 0 Å². The first kappa shape index (κ1) is 15.1. The predicted molar refractivity (Wildman–Crippen MR) is 85.3 cm³/mol. The molecule has 2 atom stereocenters. The van der Waals surface area contributed by atoms with Crippen molar-refractivity contribution in [1.29, 1.82) is 0 Å². The Bertz CT molecular complexity index is 584. The van der Waals surface area contributed by atoms with E-state index in [0.717, 1.165) is 31.2 Å². The SMILES string of the molecule is CCN1C(=O)C2CCCCC2N(Cc2cccc(C)c2)C1=O. The Labute approximate surface area is 132 Å². The van der Waals surface area contributed by atoms with Crippen LogP contribution in [0, 0.1) is 12.8 Å². The van der Waals surface area contributed by atoms with Gasteiger partial charge in [0.1, 0.15) is 0 Å². The smallest absolute Gasteiger partial charge is 0.316 e. The molecule has 22 heavy (non-hydrogen) atoms. The summed E-state index contributed by atoms with van der Waals surface area (Å²) in [5.74, 6) is 0.0360. The Hall–Kier alpha value is -1.84. The number of amides is 3. The van der Waals surface area contributed by atoms with E-state index < -0.39 is 0 Å². The van der Waals surface area contributed by atoms with Gasteiger partial charge >= 0.3 is 6.03 Å². The lowest BCUT2D eigenvalue weighted by Crippen LogP contribution is -2.61. The molecule has 118 valence electrons. The van der Waals surface area contributed by atoms with E-state index in [1.165, 1.54) is 10.5 Å². The Morgan fingerprint density at radius 3 is 2.68 bits per heavy atom. The molecule has 1 aromatic rings. The van der Waals surface area contributed by atoms with Crippen molar-refractivity contribution < 1.29 is 9.59 Å². The summed E-state index contributed by atoms with van der Waals surface area (Å²) in [6, 6.07) is 8.24. The zero-order valence-electron chi connectivity index (χ0n) is 13.4.